The minimum absolute atomic E-state index is 0.137. The van der Waals surface area contributed by atoms with Gasteiger partial charge in [-0.3, -0.25) is 0 Å². The van der Waals surface area contributed by atoms with E-state index in [4.69, 9.17) is 5.26 Å². The molecule has 0 N–H and O–H groups in total. The molecule has 0 bridgehead atoms. The van der Waals surface area contributed by atoms with Crippen LogP contribution >= 0.6 is 31.9 Å². The van der Waals surface area contributed by atoms with Gasteiger partial charge in [0.25, 0.3) is 0 Å². The van der Waals surface area contributed by atoms with Crippen molar-refractivity contribution in [2.24, 2.45) is 0 Å². The predicted molar refractivity (Wildman–Crippen MR) is 89.0 cm³/mol. The van der Waals surface area contributed by atoms with Crippen molar-refractivity contribution < 1.29 is 17.2 Å². The van der Waals surface area contributed by atoms with Crippen LogP contribution in [0.15, 0.2) is 55.1 Å². The minimum atomic E-state index is -4.17. The van der Waals surface area contributed by atoms with E-state index in [9.17, 15) is 17.2 Å². The quantitative estimate of drug-likeness (QED) is 0.614. The zero-order valence-corrected chi connectivity index (χ0v) is 15.2. The summed E-state index contributed by atoms with van der Waals surface area (Å²) in [7, 11) is -4.17. The molecule has 0 fully saturated rings. The Hall–Kier alpha value is -1.56. The molecule has 0 amide bonds. The lowest BCUT2D eigenvalue weighted by molar-refractivity contribution is 0.581. The summed E-state index contributed by atoms with van der Waals surface area (Å²) < 4.78 is 52.5. The summed E-state index contributed by atoms with van der Waals surface area (Å²) in [5.74, 6) is -1.75. The van der Waals surface area contributed by atoms with Gasteiger partial charge in [-0.1, -0.05) is 15.9 Å². The summed E-state index contributed by atoms with van der Waals surface area (Å²) in [4.78, 5) is -0.788. The highest BCUT2D eigenvalue weighted by Crippen LogP contribution is 2.30. The van der Waals surface area contributed by atoms with Gasteiger partial charge in [-0.05, 0) is 52.3 Å². The molecular weight excluding hydrogens is 456 g/mol. The maximum absolute atomic E-state index is 13.7. The van der Waals surface area contributed by atoms with Gasteiger partial charge in [0.2, 0.25) is 9.84 Å². The Morgan fingerprint density at radius 2 is 1.83 bits per heavy atom. The van der Waals surface area contributed by atoms with Crippen molar-refractivity contribution in [3.05, 3.63) is 67.4 Å². The Labute approximate surface area is 148 Å². The lowest BCUT2D eigenvalue weighted by Gasteiger charge is -2.07. The second-order valence-electron chi connectivity index (χ2n) is 4.36. The van der Waals surface area contributed by atoms with Gasteiger partial charge in [0.15, 0.2) is 0 Å². The van der Waals surface area contributed by atoms with Crippen LogP contribution in [-0.4, -0.2) is 8.42 Å². The molecule has 0 aliphatic carbocycles. The molecule has 23 heavy (non-hydrogen) atoms. The van der Waals surface area contributed by atoms with Gasteiger partial charge in [-0.15, -0.1) is 0 Å². The average Bonchev–Trinajstić information content (AvgIpc) is 2.48. The van der Waals surface area contributed by atoms with E-state index in [2.05, 4.69) is 31.9 Å². The van der Waals surface area contributed by atoms with Crippen LogP contribution in [0.25, 0.3) is 6.08 Å². The van der Waals surface area contributed by atoms with Crippen LogP contribution in [0.3, 0.4) is 0 Å². The fourth-order valence-corrected chi connectivity index (χ4v) is 4.38. The summed E-state index contributed by atoms with van der Waals surface area (Å²) in [6, 6.07) is 8.66. The van der Waals surface area contributed by atoms with E-state index < -0.39 is 26.4 Å². The Morgan fingerprint density at radius 1 is 1.13 bits per heavy atom. The van der Waals surface area contributed by atoms with E-state index in [1.165, 1.54) is 12.1 Å². The number of allylic oxidation sites excluding steroid dienone is 1. The molecule has 2 aromatic carbocycles. The molecular formula is C15H7Br2F2NO2S. The van der Waals surface area contributed by atoms with E-state index in [0.29, 0.717) is 10.5 Å². The van der Waals surface area contributed by atoms with Crippen molar-refractivity contribution in [2.45, 2.75) is 4.90 Å². The van der Waals surface area contributed by atoms with Crippen LogP contribution in [0, 0.1) is 23.0 Å². The fourth-order valence-electron chi connectivity index (χ4n) is 1.73. The van der Waals surface area contributed by atoms with Gasteiger partial charge < -0.3 is 0 Å². The molecule has 0 saturated heterocycles. The molecule has 8 heteroatoms. The molecule has 3 nitrogen and oxygen atoms in total. The monoisotopic (exact) mass is 461 g/mol. The molecule has 0 atom stereocenters. The van der Waals surface area contributed by atoms with Crippen LogP contribution in [0.5, 0.6) is 0 Å². The highest BCUT2D eigenvalue weighted by atomic mass is 79.9. The standard InChI is InChI=1S/C15H7Br2F2NO2S/c16-10-2-4-13(17)15(6-10)23(21,22)12(8-20)5-9-1-3-11(18)7-14(9)19/h1-7H/b12-5+. The summed E-state index contributed by atoms with van der Waals surface area (Å²) in [5, 5.41) is 9.17. The third-order valence-corrected chi connectivity index (χ3v) is 5.98. The summed E-state index contributed by atoms with van der Waals surface area (Å²) in [6.07, 6.45) is 0.872. The maximum Gasteiger partial charge on any atom is 0.217 e. The number of nitriles is 1. The predicted octanol–water partition coefficient (Wildman–Crippen LogP) is 4.83. The molecule has 118 valence electrons. The molecule has 0 aromatic heterocycles. The van der Waals surface area contributed by atoms with Gasteiger partial charge in [0.05, 0.1) is 4.90 Å². The molecule has 0 radical (unpaired) electrons. The molecule has 0 saturated carbocycles. The molecule has 0 heterocycles. The highest BCUT2D eigenvalue weighted by molar-refractivity contribution is 9.11. The first-order valence-electron chi connectivity index (χ1n) is 6.02. The number of sulfone groups is 1. The van der Waals surface area contributed by atoms with Crippen LogP contribution in [0.1, 0.15) is 5.56 Å². The first-order chi connectivity index (χ1) is 10.8. The SMILES string of the molecule is N#C/C(=C\c1ccc(F)cc1F)S(=O)(=O)c1cc(Br)ccc1Br. The molecule has 0 aliphatic rings. The smallest absolute Gasteiger partial charge is 0.217 e. The third kappa shape index (κ3) is 3.86. The minimum Gasteiger partial charge on any atom is -0.218 e. The highest BCUT2D eigenvalue weighted by Gasteiger charge is 2.24. The van der Waals surface area contributed by atoms with E-state index >= 15 is 0 Å². The van der Waals surface area contributed by atoms with E-state index in [1.807, 2.05) is 0 Å². The van der Waals surface area contributed by atoms with Gasteiger partial charge in [0, 0.05) is 20.6 Å². The Kier molecular flexibility index (Phi) is 5.34. The molecule has 0 unspecified atom stereocenters. The second-order valence-corrected chi connectivity index (χ2v) is 8.02. The third-order valence-electron chi connectivity index (χ3n) is 2.83. The average molecular weight is 463 g/mol. The zero-order chi connectivity index (χ0) is 17.2. The van der Waals surface area contributed by atoms with Gasteiger partial charge in [-0.2, -0.15) is 5.26 Å². The lowest BCUT2D eigenvalue weighted by Crippen LogP contribution is -2.05. The van der Waals surface area contributed by atoms with Crippen molar-refractivity contribution in [3.8, 4) is 6.07 Å². The Bertz CT molecular complexity index is 950. The van der Waals surface area contributed by atoms with Gasteiger partial charge in [0.1, 0.15) is 22.6 Å². The van der Waals surface area contributed by atoms with Crippen LogP contribution in [-0.2, 0) is 9.84 Å². The van der Waals surface area contributed by atoms with Gasteiger partial charge in [-0.25, -0.2) is 17.2 Å². The number of halogens is 4. The van der Waals surface area contributed by atoms with Crippen molar-refractivity contribution in [1.82, 2.24) is 0 Å². The van der Waals surface area contributed by atoms with E-state index in [1.54, 1.807) is 12.1 Å². The Morgan fingerprint density at radius 3 is 2.43 bits per heavy atom. The largest absolute Gasteiger partial charge is 0.218 e. The van der Waals surface area contributed by atoms with Crippen molar-refractivity contribution in [2.75, 3.05) is 0 Å². The zero-order valence-electron chi connectivity index (χ0n) is 11.2. The number of hydrogen-bond donors (Lipinski definition) is 0. The maximum atomic E-state index is 13.7. The van der Waals surface area contributed by atoms with Crippen LogP contribution in [0.2, 0.25) is 0 Å². The van der Waals surface area contributed by atoms with Crippen LogP contribution in [0.4, 0.5) is 8.78 Å². The number of rotatable bonds is 3. The van der Waals surface area contributed by atoms with Crippen LogP contribution < -0.4 is 0 Å². The lowest BCUT2D eigenvalue weighted by atomic mass is 10.2. The number of hydrogen-bond acceptors (Lipinski definition) is 3. The van der Waals surface area contributed by atoms with E-state index in [-0.39, 0.29) is 14.9 Å². The van der Waals surface area contributed by atoms with Crippen molar-refractivity contribution in [3.63, 3.8) is 0 Å². The molecule has 2 aromatic rings. The number of benzene rings is 2. The first-order valence-corrected chi connectivity index (χ1v) is 9.09. The van der Waals surface area contributed by atoms with E-state index in [0.717, 1.165) is 18.2 Å². The fraction of sp³-hybridized carbons (Fsp3) is 0. The molecule has 2 rings (SSSR count). The summed E-state index contributed by atoms with van der Waals surface area (Å²) >= 11 is 6.27. The topological polar surface area (TPSA) is 57.9 Å². The normalized spacial score (nSPS) is 12.0. The summed E-state index contributed by atoms with van der Waals surface area (Å²) in [6.45, 7) is 0. The second kappa shape index (κ2) is 6.91. The Balaban J connectivity index is 2.62. The first kappa shape index (κ1) is 17.8. The molecule has 0 spiro atoms. The van der Waals surface area contributed by atoms with Gasteiger partial charge >= 0.3 is 0 Å². The number of nitrogens with zero attached hydrogens (tertiary/aromatic N) is 1. The van der Waals surface area contributed by atoms with Crippen molar-refractivity contribution in [1.29, 1.82) is 5.26 Å². The molecule has 0 aliphatic heterocycles. The summed E-state index contributed by atoms with van der Waals surface area (Å²) in [5.41, 5.74) is -0.197. The van der Waals surface area contributed by atoms with Crippen molar-refractivity contribution >= 4 is 47.8 Å².